The minimum atomic E-state index is -4.04. The van der Waals surface area contributed by atoms with Gasteiger partial charge in [0.1, 0.15) is 0 Å². The van der Waals surface area contributed by atoms with Crippen molar-refractivity contribution in [3.05, 3.63) is 0 Å². The van der Waals surface area contributed by atoms with Crippen LogP contribution >= 0.6 is 0 Å². The fourth-order valence-electron chi connectivity index (χ4n) is 3.73. The molecule has 0 aromatic rings. The molecule has 3 unspecified atom stereocenters. The average molecular weight is 278 g/mol. The quantitative estimate of drug-likeness (QED) is 0.837. The molecule has 1 aliphatic heterocycles. The summed E-state index contributed by atoms with van der Waals surface area (Å²) in [5.74, 6) is 1.52. The highest BCUT2D eigenvalue weighted by molar-refractivity contribution is 4.97. The fraction of sp³-hybridized carbons (Fsp3) is 1.00. The van der Waals surface area contributed by atoms with Gasteiger partial charge in [-0.2, -0.15) is 13.2 Å². The maximum Gasteiger partial charge on any atom is 0.389 e. The Kier molecular flexibility index (Phi) is 4.45. The topological polar surface area (TPSA) is 29.3 Å². The van der Waals surface area contributed by atoms with E-state index in [0.717, 1.165) is 24.9 Å². The minimum absolute atomic E-state index is 0.184. The lowest BCUT2D eigenvalue weighted by Gasteiger charge is -2.39. The van der Waals surface area contributed by atoms with Crippen LogP contribution in [0, 0.1) is 11.8 Å². The second kappa shape index (κ2) is 5.60. The van der Waals surface area contributed by atoms with Crippen molar-refractivity contribution in [3.8, 4) is 0 Å². The van der Waals surface area contributed by atoms with Crippen molar-refractivity contribution in [2.24, 2.45) is 17.6 Å². The second-order valence-electron chi connectivity index (χ2n) is 6.53. The Bertz CT molecular complexity index is 294. The maximum atomic E-state index is 12.3. The van der Waals surface area contributed by atoms with Gasteiger partial charge < -0.3 is 5.73 Å². The Hall–Kier alpha value is -0.290. The lowest BCUT2D eigenvalue weighted by Crippen LogP contribution is -2.51. The van der Waals surface area contributed by atoms with Gasteiger partial charge in [-0.15, -0.1) is 0 Å². The number of fused-ring (bicyclic) bond motifs is 1. The molecule has 2 rings (SSSR count). The van der Waals surface area contributed by atoms with Gasteiger partial charge in [-0.3, -0.25) is 4.90 Å². The van der Waals surface area contributed by atoms with Gasteiger partial charge in [0, 0.05) is 31.6 Å². The first-order chi connectivity index (χ1) is 8.84. The molecule has 5 heteroatoms. The standard InChI is InChI=1S/C14H25F3N2/c1-13(10-18,6-3-7-14(15,16)17)19-8-11-4-2-5-12(11)9-19/h11-12H,2-10,18H2,1H3. The number of likely N-dealkylation sites (tertiary alicyclic amines) is 1. The third kappa shape index (κ3) is 3.63. The van der Waals surface area contributed by atoms with E-state index in [-0.39, 0.29) is 12.0 Å². The molecule has 112 valence electrons. The van der Waals surface area contributed by atoms with E-state index in [4.69, 9.17) is 5.73 Å². The molecular weight excluding hydrogens is 253 g/mol. The number of alkyl halides is 3. The summed E-state index contributed by atoms with van der Waals surface area (Å²) in [5.41, 5.74) is 5.61. The van der Waals surface area contributed by atoms with Gasteiger partial charge in [0.25, 0.3) is 0 Å². The molecule has 0 spiro atoms. The summed E-state index contributed by atoms with van der Waals surface area (Å²) in [7, 11) is 0. The first kappa shape index (κ1) is 15.1. The SMILES string of the molecule is CC(CN)(CCCC(F)(F)F)N1CC2CCCC2C1. The van der Waals surface area contributed by atoms with Crippen LogP contribution in [0.2, 0.25) is 0 Å². The molecule has 1 saturated heterocycles. The molecule has 2 N–H and O–H groups in total. The molecule has 2 fully saturated rings. The summed E-state index contributed by atoms with van der Waals surface area (Å²) < 4.78 is 36.8. The largest absolute Gasteiger partial charge is 0.389 e. The highest BCUT2D eigenvalue weighted by atomic mass is 19.4. The van der Waals surface area contributed by atoms with Gasteiger partial charge in [0.15, 0.2) is 0 Å². The molecule has 0 aromatic carbocycles. The van der Waals surface area contributed by atoms with Crippen LogP contribution in [0.5, 0.6) is 0 Å². The zero-order valence-electron chi connectivity index (χ0n) is 11.7. The number of nitrogens with zero attached hydrogens (tertiary/aromatic N) is 1. The van der Waals surface area contributed by atoms with E-state index in [0.29, 0.717) is 13.0 Å². The van der Waals surface area contributed by atoms with E-state index in [9.17, 15) is 13.2 Å². The van der Waals surface area contributed by atoms with Crippen molar-refractivity contribution >= 4 is 0 Å². The van der Waals surface area contributed by atoms with Crippen molar-refractivity contribution in [1.29, 1.82) is 0 Å². The van der Waals surface area contributed by atoms with Crippen molar-refractivity contribution < 1.29 is 13.2 Å². The summed E-state index contributed by atoms with van der Waals surface area (Å²) in [6.45, 7) is 4.55. The van der Waals surface area contributed by atoms with Crippen LogP contribution in [0.3, 0.4) is 0 Å². The van der Waals surface area contributed by atoms with Crippen molar-refractivity contribution in [2.75, 3.05) is 19.6 Å². The maximum absolute atomic E-state index is 12.3. The second-order valence-corrected chi connectivity index (χ2v) is 6.53. The van der Waals surface area contributed by atoms with Crippen LogP contribution in [0.4, 0.5) is 13.2 Å². The van der Waals surface area contributed by atoms with Gasteiger partial charge in [0.2, 0.25) is 0 Å². The van der Waals surface area contributed by atoms with Gasteiger partial charge >= 0.3 is 6.18 Å². The smallest absolute Gasteiger partial charge is 0.329 e. The first-order valence-corrected chi connectivity index (χ1v) is 7.36. The fourth-order valence-corrected chi connectivity index (χ4v) is 3.73. The molecule has 1 saturated carbocycles. The minimum Gasteiger partial charge on any atom is -0.329 e. The Morgan fingerprint density at radius 2 is 1.68 bits per heavy atom. The average Bonchev–Trinajstić information content (AvgIpc) is 2.86. The van der Waals surface area contributed by atoms with Crippen LogP contribution in [-0.4, -0.2) is 36.2 Å². The third-order valence-corrected chi connectivity index (χ3v) is 5.11. The Morgan fingerprint density at radius 3 is 2.16 bits per heavy atom. The molecule has 2 nitrogen and oxygen atoms in total. The van der Waals surface area contributed by atoms with Crippen LogP contribution in [0.25, 0.3) is 0 Å². The van der Waals surface area contributed by atoms with Gasteiger partial charge in [0.05, 0.1) is 0 Å². The predicted molar refractivity (Wildman–Crippen MR) is 69.8 cm³/mol. The molecule has 1 heterocycles. The summed E-state index contributed by atoms with van der Waals surface area (Å²) in [6, 6.07) is 0. The van der Waals surface area contributed by atoms with E-state index in [2.05, 4.69) is 4.90 Å². The van der Waals surface area contributed by atoms with Crippen LogP contribution in [0.1, 0.15) is 45.4 Å². The number of rotatable bonds is 5. The molecule has 19 heavy (non-hydrogen) atoms. The number of hydrogen-bond acceptors (Lipinski definition) is 2. The van der Waals surface area contributed by atoms with Crippen molar-refractivity contribution in [1.82, 2.24) is 4.90 Å². The highest BCUT2D eigenvalue weighted by Gasteiger charge is 2.43. The van der Waals surface area contributed by atoms with E-state index in [1.807, 2.05) is 6.92 Å². The molecule has 3 atom stereocenters. The number of halogens is 3. The van der Waals surface area contributed by atoms with E-state index in [1.165, 1.54) is 19.3 Å². The summed E-state index contributed by atoms with van der Waals surface area (Å²) in [4.78, 5) is 2.36. The van der Waals surface area contributed by atoms with E-state index in [1.54, 1.807) is 0 Å². The third-order valence-electron chi connectivity index (χ3n) is 5.11. The monoisotopic (exact) mass is 278 g/mol. The zero-order valence-corrected chi connectivity index (χ0v) is 11.7. The van der Waals surface area contributed by atoms with Gasteiger partial charge in [-0.25, -0.2) is 0 Å². The van der Waals surface area contributed by atoms with Crippen molar-refractivity contribution in [3.63, 3.8) is 0 Å². The van der Waals surface area contributed by atoms with Crippen LogP contribution < -0.4 is 5.73 Å². The van der Waals surface area contributed by atoms with Gasteiger partial charge in [-0.1, -0.05) is 6.42 Å². The molecule has 2 aliphatic rings. The van der Waals surface area contributed by atoms with E-state index >= 15 is 0 Å². The van der Waals surface area contributed by atoms with Gasteiger partial charge in [-0.05, 0) is 44.4 Å². The summed E-state index contributed by atoms with van der Waals surface area (Å²) in [6.07, 6.45) is -0.128. The first-order valence-electron chi connectivity index (χ1n) is 7.36. The zero-order chi connectivity index (χ0) is 14.1. The lowest BCUT2D eigenvalue weighted by atomic mass is 9.92. The highest BCUT2D eigenvalue weighted by Crippen LogP contribution is 2.41. The molecule has 0 amide bonds. The molecule has 0 aromatic heterocycles. The summed E-state index contributed by atoms with van der Waals surface area (Å²) >= 11 is 0. The number of hydrogen-bond donors (Lipinski definition) is 1. The molecule has 1 aliphatic carbocycles. The Balaban J connectivity index is 1.87. The normalized spacial score (nSPS) is 31.4. The molecule has 0 bridgehead atoms. The Morgan fingerprint density at radius 1 is 1.11 bits per heavy atom. The van der Waals surface area contributed by atoms with E-state index < -0.39 is 12.6 Å². The van der Waals surface area contributed by atoms with Crippen LogP contribution in [-0.2, 0) is 0 Å². The van der Waals surface area contributed by atoms with Crippen LogP contribution in [0.15, 0.2) is 0 Å². The van der Waals surface area contributed by atoms with Crippen molar-refractivity contribution in [2.45, 2.75) is 57.2 Å². The lowest BCUT2D eigenvalue weighted by molar-refractivity contribution is -0.136. The molecular formula is C14H25F3N2. The summed E-state index contributed by atoms with van der Waals surface area (Å²) in [5, 5.41) is 0. The molecule has 0 radical (unpaired) electrons. The number of nitrogens with two attached hydrogens (primary N) is 1. The predicted octanol–water partition coefficient (Wildman–Crippen LogP) is 3.17. The Labute approximate surface area is 113 Å².